The number of piperidine rings is 1. The predicted octanol–water partition coefficient (Wildman–Crippen LogP) is 3.06. The van der Waals surface area contributed by atoms with E-state index >= 15 is 0 Å². The van der Waals surface area contributed by atoms with Crippen LogP contribution in [-0.4, -0.2) is 47.8 Å². The Bertz CT molecular complexity index is 852. The van der Waals surface area contributed by atoms with Gasteiger partial charge < -0.3 is 14.4 Å². The molecule has 1 N–H and O–H groups in total. The van der Waals surface area contributed by atoms with Crippen molar-refractivity contribution in [3.63, 3.8) is 0 Å². The lowest BCUT2D eigenvalue weighted by Gasteiger charge is -2.45. The average Bonchev–Trinajstić information content (AvgIpc) is 3.04. The average molecular weight is 383 g/mol. The van der Waals surface area contributed by atoms with Crippen molar-refractivity contribution in [1.29, 1.82) is 0 Å². The zero-order valence-corrected chi connectivity index (χ0v) is 17.0. The van der Waals surface area contributed by atoms with E-state index < -0.39 is 0 Å². The number of aryl methyl sites for hydroxylation is 2. The summed E-state index contributed by atoms with van der Waals surface area (Å²) in [4.78, 5) is 14.7. The molecule has 2 aromatic rings. The number of fused-ring (bicyclic) bond motifs is 2. The van der Waals surface area contributed by atoms with Gasteiger partial charge in [-0.3, -0.25) is 9.89 Å². The molecule has 1 fully saturated rings. The number of amides is 1. The number of benzene rings is 1. The second kappa shape index (κ2) is 7.59. The van der Waals surface area contributed by atoms with Gasteiger partial charge in [0.2, 0.25) is 5.91 Å². The number of carbonyl (C=O) groups is 1. The maximum atomic E-state index is 12.8. The fourth-order valence-corrected chi connectivity index (χ4v) is 4.57. The van der Waals surface area contributed by atoms with Crippen LogP contribution in [0.1, 0.15) is 47.3 Å². The third-order valence-corrected chi connectivity index (χ3v) is 6.39. The van der Waals surface area contributed by atoms with E-state index in [1.165, 1.54) is 11.1 Å². The molecule has 1 amide bonds. The van der Waals surface area contributed by atoms with Crippen molar-refractivity contribution in [1.82, 2.24) is 15.1 Å². The number of hydrogen-bond donors (Lipinski definition) is 1. The molecule has 0 saturated carbocycles. The van der Waals surface area contributed by atoms with Crippen LogP contribution in [0.4, 0.5) is 0 Å². The molecular formula is C22H29N3O3. The van der Waals surface area contributed by atoms with E-state index in [4.69, 9.17) is 9.47 Å². The number of ether oxygens (including phenoxy) is 2. The molecule has 0 atom stereocenters. The van der Waals surface area contributed by atoms with E-state index in [-0.39, 0.29) is 11.5 Å². The maximum Gasteiger partial charge on any atom is 0.222 e. The molecule has 6 heteroatoms. The fraction of sp³-hybridized carbons (Fsp3) is 0.545. The van der Waals surface area contributed by atoms with Gasteiger partial charge in [-0.2, -0.15) is 5.10 Å². The Morgan fingerprint density at radius 2 is 2.11 bits per heavy atom. The van der Waals surface area contributed by atoms with Gasteiger partial charge in [0.1, 0.15) is 11.4 Å². The molecule has 1 saturated heterocycles. The summed E-state index contributed by atoms with van der Waals surface area (Å²) in [6, 6.07) is 6.24. The molecule has 0 radical (unpaired) electrons. The first-order valence-electron chi connectivity index (χ1n) is 10.1. The van der Waals surface area contributed by atoms with Gasteiger partial charge in [-0.05, 0) is 50.3 Å². The second-order valence-electron chi connectivity index (χ2n) is 7.89. The second-order valence-corrected chi connectivity index (χ2v) is 7.89. The minimum absolute atomic E-state index is 0.200. The first-order valence-corrected chi connectivity index (χ1v) is 10.1. The molecule has 1 aromatic carbocycles. The molecule has 0 bridgehead atoms. The lowest BCUT2D eigenvalue weighted by atomic mass is 9.78. The summed E-state index contributed by atoms with van der Waals surface area (Å²) in [5.74, 6) is 1.10. The molecule has 0 unspecified atom stereocenters. The minimum Gasteiger partial charge on any atom is -0.496 e. The number of carbonyl (C=O) groups excluding carboxylic acids is 1. The van der Waals surface area contributed by atoms with Gasteiger partial charge in [0, 0.05) is 37.2 Å². The molecule has 3 heterocycles. The van der Waals surface area contributed by atoms with Crippen molar-refractivity contribution >= 4 is 5.91 Å². The number of nitrogens with zero attached hydrogens (tertiary/aromatic N) is 2. The summed E-state index contributed by atoms with van der Waals surface area (Å²) in [6.07, 6.45) is 3.72. The maximum absolute atomic E-state index is 12.8. The van der Waals surface area contributed by atoms with Crippen LogP contribution < -0.4 is 4.74 Å². The summed E-state index contributed by atoms with van der Waals surface area (Å²) in [5.41, 5.74) is 5.41. The Hall–Kier alpha value is -2.34. The van der Waals surface area contributed by atoms with E-state index in [2.05, 4.69) is 23.2 Å². The Balaban J connectivity index is 1.43. The number of rotatable bonds is 4. The van der Waals surface area contributed by atoms with Crippen LogP contribution in [0.25, 0.3) is 0 Å². The largest absolute Gasteiger partial charge is 0.496 e. The zero-order valence-electron chi connectivity index (χ0n) is 17.0. The Morgan fingerprint density at radius 3 is 2.79 bits per heavy atom. The number of aromatic nitrogens is 2. The molecule has 1 spiro atoms. The highest BCUT2D eigenvalue weighted by Gasteiger charge is 2.43. The third kappa shape index (κ3) is 3.30. The van der Waals surface area contributed by atoms with Gasteiger partial charge in [0.05, 0.1) is 19.4 Å². The highest BCUT2D eigenvalue weighted by atomic mass is 16.5. The van der Waals surface area contributed by atoms with Gasteiger partial charge in [-0.1, -0.05) is 12.1 Å². The van der Waals surface area contributed by atoms with E-state index in [9.17, 15) is 4.79 Å². The summed E-state index contributed by atoms with van der Waals surface area (Å²) in [6.45, 7) is 6.22. The molecular weight excluding hydrogens is 354 g/mol. The lowest BCUT2D eigenvalue weighted by Crippen LogP contribution is -2.48. The molecule has 1 aromatic heterocycles. The molecule has 2 aliphatic rings. The van der Waals surface area contributed by atoms with Crippen LogP contribution in [-0.2, 0) is 28.0 Å². The van der Waals surface area contributed by atoms with Crippen LogP contribution in [0, 0.1) is 13.8 Å². The first-order chi connectivity index (χ1) is 13.5. The van der Waals surface area contributed by atoms with Crippen LogP contribution >= 0.6 is 0 Å². The van der Waals surface area contributed by atoms with Crippen molar-refractivity contribution in [3.8, 4) is 5.75 Å². The third-order valence-electron chi connectivity index (χ3n) is 6.39. The number of methoxy groups -OCH3 is 1. The monoisotopic (exact) mass is 383 g/mol. The standard InChI is InChI=1S/C22H29N3O3/c1-15-16(2)23-24-18(15)7-8-20(26)25-12-10-22(11-13-25)21-17(9-14-28-22)5-4-6-19(21)27-3/h4-6H,7-14H2,1-3H3,(H,23,24). The van der Waals surface area contributed by atoms with Crippen LogP contribution in [0.3, 0.4) is 0 Å². The molecule has 28 heavy (non-hydrogen) atoms. The number of aromatic amines is 1. The number of H-pyrrole nitrogens is 1. The fourth-order valence-electron chi connectivity index (χ4n) is 4.57. The van der Waals surface area contributed by atoms with Crippen molar-refractivity contribution < 1.29 is 14.3 Å². The predicted molar refractivity (Wildman–Crippen MR) is 107 cm³/mol. The van der Waals surface area contributed by atoms with Crippen molar-refractivity contribution in [2.24, 2.45) is 0 Å². The van der Waals surface area contributed by atoms with Crippen molar-refractivity contribution in [2.75, 3.05) is 26.8 Å². The van der Waals surface area contributed by atoms with E-state index in [0.717, 1.165) is 61.7 Å². The molecule has 6 nitrogen and oxygen atoms in total. The van der Waals surface area contributed by atoms with Crippen molar-refractivity contribution in [2.45, 2.75) is 51.6 Å². The normalized spacial score (nSPS) is 18.2. The van der Waals surface area contributed by atoms with Crippen LogP contribution in [0.2, 0.25) is 0 Å². The van der Waals surface area contributed by atoms with Gasteiger partial charge in [0.15, 0.2) is 0 Å². The topological polar surface area (TPSA) is 67.5 Å². The molecule has 4 rings (SSSR count). The zero-order chi connectivity index (χ0) is 19.7. The smallest absolute Gasteiger partial charge is 0.222 e. The van der Waals surface area contributed by atoms with Gasteiger partial charge in [-0.25, -0.2) is 0 Å². The number of nitrogens with one attached hydrogen (secondary N) is 1. The summed E-state index contributed by atoms with van der Waals surface area (Å²) >= 11 is 0. The molecule has 0 aliphatic carbocycles. The van der Waals surface area contributed by atoms with Gasteiger partial charge >= 0.3 is 0 Å². The van der Waals surface area contributed by atoms with Crippen LogP contribution in [0.15, 0.2) is 18.2 Å². The quantitative estimate of drug-likeness (QED) is 0.881. The van der Waals surface area contributed by atoms with Crippen LogP contribution in [0.5, 0.6) is 5.75 Å². The van der Waals surface area contributed by atoms with Gasteiger partial charge in [0.25, 0.3) is 0 Å². The first kappa shape index (κ1) is 19.0. The minimum atomic E-state index is -0.327. The SMILES string of the molecule is COc1cccc2c1C1(CCN(C(=O)CCc3n[nH]c(C)c3C)CC1)OCC2. The lowest BCUT2D eigenvalue weighted by molar-refractivity contribution is -0.140. The van der Waals surface area contributed by atoms with E-state index in [0.29, 0.717) is 12.8 Å². The van der Waals surface area contributed by atoms with Crippen molar-refractivity contribution in [3.05, 3.63) is 46.3 Å². The summed E-state index contributed by atoms with van der Waals surface area (Å²) in [7, 11) is 1.72. The Morgan fingerprint density at radius 1 is 1.32 bits per heavy atom. The highest BCUT2D eigenvalue weighted by Crippen LogP contribution is 2.45. The summed E-state index contributed by atoms with van der Waals surface area (Å²) in [5, 5.41) is 7.31. The highest BCUT2D eigenvalue weighted by molar-refractivity contribution is 5.76. The molecule has 150 valence electrons. The number of likely N-dealkylation sites (tertiary alicyclic amines) is 1. The Labute approximate surface area is 166 Å². The van der Waals surface area contributed by atoms with Gasteiger partial charge in [-0.15, -0.1) is 0 Å². The molecule has 2 aliphatic heterocycles. The summed E-state index contributed by atoms with van der Waals surface area (Å²) < 4.78 is 12.0. The Kier molecular flexibility index (Phi) is 5.15. The number of hydrogen-bond acceptors (Lipinski definition) is 4. The van der Waals surface area contributed by atoms with E-state index in [1.54, 1.807) is 7.11 Å². The van der Waals surface area contributed by atoms with E-state index in [1.807, 2.05) is 24.0 Å².